The molecule has 0 spiro atoms. The zero-order valence-corrected chi connectivity index (χ0v) is 37.6. The van der Waals surface area contributed by atoms with Gasteiger partial charge in [-0.15, -0.1) is 0 Å². The van der Waals surface area contributed by atoms with Crippen molar-refractivity contribution in [3.63, 3.8) is 0 Å². The third-order valence-electron chi connectivity index (χ3n) is 13.5. The lowest BCUT2D eigenvalue weighted by atomic mass is 9.71. The Morgan fingerprint density at radius 2 is 1.59 bits per heavy atom. The molecule has 16 heteroatoms. The highest BCUT2D eigenvalue weighted by Crippen LogP contribution is 2.43. The smallest absolute Gasteiger partial charge is 0.311 e. The number of hydrogen-bond donors (Lipinski definition) is 5. The molecule has 5 N–H and O–H groups in total. The molecule has 4 heterocycles. The Bertz CT molecular complexity index is 1290. The van der Waals surface area contributed by atoms with Crippen molar-refractivity contribution in [3.8, 4) is 0 Å². The quantitative estimate of drug-likeness (QED) is 0.142. The number of hydrogen-bond acceptors (Lipinski definition) is 16. The SMILES string of the molecule is CC[C@H]1OC(=O)C(C)C(OC2C[C@@](C)(OC)[C@@H](O)C(C)O2)[C@H](C)C(OC2O[C@H](C)C[C@H](N(C)C)C2O)[C@](C)(O)CC(C)C2N[C@@H](COCCOC)OC([C@H]2C)[C@]1(C)O. The Labute approximate surface area is 346 Å². The average molecular weight is 835 g/mol. The normalized spacial score (nSPS) is 48.7. The summed E-state index contributed by atoms with van der Waals surface area (Å²) in [6.07, 6.45) is -8.29. The molecule has 0 aliphatic carbocycles. The van der Waals surface area contributed by atoms with Gasteiger partial charge in [0.05, 0.1) is 67.5 Å². The van der Waals surface area contributed by atoms with Gasteiger partial charge >= 0.3 is 5.97 Å². The van der Waals surface area contributed by atoms with Crippen LogP contribution < -0.4 is 5.32 Å². The van der Waals surface area contributed by atoms with Gasteiger partial charge in [-0.25, -0.2) is 0 Å². The Balaban J connectivity index is 1.83. The summed E-state index contributed by atoms with van der Waals surface area (Å²) >= 11 is 0. The minimum atomic E-state index is -1.64. The molecule has 0 aromatic heterocycles. The number of likely N-dealkylation sites (N-methyl/N-ethyl adjacent to an activating group) is 1. The van der Waals surface area contributed by atoms with Crippen LogP contribution in [0.5, 0.6) is 0 Å². The standard InChI is InChI=1S/C42H78N2O14/c1-15-29-42(10,49)37-24(4)32(43-30(56-37)21-52-17-16-50-13)22(2)19-40(8,48)36(58-39-33(45)28(44(11)12)18-23(3)53-39)25(5)34(26(6)38(47)55-29)57-31-20-41(9,51-14)35(46)27(7)54-31/h22-37,39,43,45-46,48-49H,15-21H2,1-14H3/t22?,23-,24+,25+,26?,27?,28+,29-,30-,31?,32?,33?,34?,35+,36?,37?,39?,40-,41-,42-/m1/s1. The molecule has 4 fully saturated rings. The van der Waals surface area contributed by atoms with Gasteiger partial charge in [0.1, 0.15) is 30.1 Å². The molecule has 2 bridgehead atoms. The molecular formula is C42H78N2O14. The topological polar surface area (TPSA) is 196 Å². The predicted molar refractivity (Wildman–Crippen MR) is 214 cm³/mol. The number of aliphatic hydroxyl groups excluding tert-OH is 2. The van der Waals surface area contributed by atoms with Crippen LogP contribution in [0, 0.1) is 23.7 Å². The summed E-state index contributed by atoms with van der Waals surface area (Å²) < 4.78 is 55.7. The van der Waals surface area contributed by atoms with E-state index in [-0.39, 0.29) is 55.9 Å². The second-order valence-corrected chi connectivity index (χ2v) is 18.6. The van der Waals surface area contributed by atoms with E-state index in [1.54, 1.807) is 41.7 Å². The van der Waals surface area contributed by atoms with Crippen molar-refractivity contribution >= 4 is 5.97 Å². The van der Waals surface area contributed by atoms with Gasteiger partial charge in [-0.1, -0.05) is 27.7 Å². The average Bonchev–Trinajstić information content (AvgIpc) is 3.15. The number of fused-ring (bicyclic) bond motifs is 2. The lowest BCUT2D eigenvalue weighted by Gasteiger charge is -2.52. The Hall–Kier alpha value is -1.09. The van der Waals surface area contributed by atoms with E-state index in [9.17, 15) is 25.2 Å². The first-order chi connectivity index (χ1) is 27.0. The molecule has 16 nitrogen and oxygen atoms in total. The summed E-state index contributed by atoms with van der Waals surface area (Å²) in [6, 6.07) is -0.593. The van der Waals surface area contributed by atoms with Crippen molar-refractivity contribution in [2.75, 3.05) is 48.1 Å². The lowest BCUT2D eigenvalue weighted by molar-refractivity contribution is -0.318. The van der Waals surface area contributed by atoms with Gasteiger partial charge in [0, 0.05) is 44.6 Å². The maximum Gasteiger partial charge on any atom is 0.311 e. The number of methoxy groups -OCH3 is 2. The summed E-state index contributed by atoms with van der Waals surface area (Å²) in [6.45, 7) is 19.1. The van der Waals surface area contributed by atoms with E-state index in [0.717, 1.165) is 0 Å². The fraction of sp³-hybridized carbons (Fsp3) is 0.976. The number of esters is 1. The van der Waals surface area contributed by atoms with Crippen LogP contribution in [-0.4, -0.2) is 176 Å². The van der Waals surface area contributed by atoms with Gasteiger partial charge in [0.15, 0.2) is 12.6 Å². The van der Waals surface area contributed by atoms with Gasteiger partial charge in [-0.3, -0.25) is 10.1 Å². The van der Waals surface area contributed by atoms with Crippen molar-refractivity contribution in [2.45, 2.75) is 191 Å². The van der Waals surface area contributed by atoms with Crippen LogP contribution in [0.3, 0.4) is 0 Å². The van der Waals surface area contributed by atoms with Gasteiger partial charge in [0.2, 0.25) is 0 Å². The Kier molecular flexibility index (Phi) is 17.4. The van der Waals surface area contributed by atoms with Crippen LogP contribution in [-0.2, 0) is 47.4 Å². The van der Waals surface area contributed by atoms with E-state index in [4.69, 9.17) is 42.6 Å². The predicted octanol–water partition coefficient (Wildman–Crippen LogP) is 2.20. The summed E-state index contributed by atoms with van der Waals surface area (Å²) in [5.74, 6) is -2.95. The zero-order chi connectivity index (χ0) is 43.5. The molecule has 10 unspecified atom stereocenters. The summed E-state index contributed by atoms with van der Waals surface area (Å²) in [5.41, 5.74) is -4.27. The second-order valence-electron chi connectivity index (χ2n) is 18.6. The highest BCUT2D eigenvalue weighted by Gasteiger charge is 2.55. The number of nitrogens with zero attached hydrogens (tertiary/aromatic N) is 1. The minimum Gasteiger partial charge on any atom is -0.459 e. The van der Waals surface area contributed by atoms with Gasteiger partial charge < -0.3 is 68.0 Å². The van der Waals surface area contributed by atoms with E-state index < -0.39 is 96.1 Å². The molecule has 0 aromatic carbocycles. The number of carbonyl (C=O) groups is 1. The zero-order valence-electron chi connectivity index (χ0n) is 37.6. The van der Waals surface area contributed by atoms with Crippen molar-refractivity contribution in [3.05, 3.63) is 0 Å². The summed E-state index contributed by atoms with van der Waals surface area (Å²) in [5, 5.41) is 51.5. The second kappa shape index (κ2) is 20.4. The maximum absolute atomic E-state index is 14.5. The molecule has 58 heavy (non-hydrogen) atoms. The lowest BCUT2D eigenvalue weighted by Crippen LogP contribution is -2.67. The molecule has 0 saturated carbocycles. The Morgan fingerprint density at radius 3 is 2.19 bits per heavy atom. The maximum atomic E-state index is 14.5. The van der Waals surface area contributed by atoms with Crippen LogP contribution in [0.1, 0.15) is 94.9 Å². The van der Waals surface area contributed by atoms with Crippen LogP contribution in [0.4, 0.5) is 0 Å². The molecule has 0 aromatic rings. The van der Waals surface area contributed by atoms with E-state index in [1.165, 1.54) is 7.11 Å². The number of ether oxygens (including phenoxy) is 9. The fourth-order valence-corrected chi connectivity index (χ4v) is 10.0. The van der Waals surface area contributed by atoms with Crippen LogP contribution >= 0.6 is 0 Å². The monoisotopic (exact) mass is 835 g/mol. The third-order valence-corrected chi connectivity index (χ3v) is 13.5. The third kappa shape index (κ3) is 11.1. The number of carbonyl (C=O) groups excluding carboxylic acids is 1. The minimum absolute atomic E-state index is 0.137. The van der Waals surface area contributed by atoms with E-state index >= 15 is 0 Å². The molecule has 4 saturated heterocycles. The highest BCUT2D eigenvalue weighted by molar-refractivity contribution is 5.73. The number of aliphatic hydroxyl groups is 4. The van der Waals surface area contributed by atoms with Crippen molar-refractivity contribution in [1.29, 1.82) is 0 Å². The Morgan fingerprint density at radius 1 is 0.914 bits per heavy atom. The fourth-order valence-electron chi connectivity index (χ4n) is 10.0. The van der Waals surface area contributed by atoms with Crippen molar-refractivity contribution in [1.82, 2.24) is 10.2 Å². The summed E-state index contributed by atoms with van der Waals surface area (Å²) in [7, 11) is 6.90. The van der Waals surface area contributed by atoms with Gasteiger partial charge in [-0.2, -0.15) is 0 Å². The molecule has 340 valence electrons. The first kappa shape index (κ1) is 49.6. The number of nitrogens with one attached hydrogen (secondary N) is 1. The first-order valence-electron chi connectivity index (χ1n) is 21.4. The number of rotatable bonds is 12. The van der Waals surface area contributed by atoms with E-state index in [0.29, 0.717) is 19.6 Å². The van der Waals surface area contributed by atoms with Gasteiger partial charge in [0.25, 0.3) is 0 Å². The highest BCUT2D eigenvalue weighted by atomic mass is 16.7. The van der Waals surface area contributed by atoms with E-state index in [1.807, 2.05) is 53.6 Å². The molecule has 20 atom stereocenters. The largest absolute Gasteiger partial charge is 0.459 e. The van der Waals surface area contributed by atoms with Crippen LogP contribution in [0.25, 0.3) is 0 Å². The molecule has 4 aliphatic heterocycles. The number of cyclic esters (lactones) is 1. The summed E-state index contributed by atoms with van der Waals surface area (Å²) in [4.78, 5) is 16.4. The first-order valence-corrected chi connectivity index (χ1v) is 21.4. The van der Waals surface area contributed by atoms with Crippen LogP contribution in [0.15, 0.2) is 0 Å². The van der Waals surface area contributed by atoms with Crippen LogP contribution in [0.2, 0.25) is 0 Å². The molecule has 4 rings (SSSR count). The van der Waals surface area contributed by atoms with Crippen molar-refractivity contribution in [2.24, 2.45) is 23.7 Å². The molecule has 0 radical (unpaired) electrons. The molecule has 0 amide bonds. The molecule has 4 aliphatic rings. The van der Waals surface area contributed by atoms with Gasteiger partial charge in [-0.05, 0) is 80.8 Å². The van der Waals surface area contributed by atoms with Crippen molar-refractivity contribution < 1.29 is 67.9 Å². The molecular weight excluding hydrogens is 756 g/mol. The van der Waals surface area contributed by atoms with E-state index in [2.05, 4.69) is 5.32 Å².